The SMILES string of the molecule is Cc1cc(N)ccc1S(=O)(=O)CCS(C)(=O)=O. The first-order chi connectivity index (χ1) is 7.62. The second-order valence-electron chi connectivity index (χ2n) is 3.97. The summed E-state index contributed by atoms with van der Waals surface area (Å²) >= 11 is 0. The highest BCUT2D eigenvalue weighted by molar-refractivity contribution is 7.94. The summed E-state index contributed by atoms with van der Waals surface area (Å²) in [5.74, 6) is -0.782. The second kappa shape index (κ2) is 4.66. The number of sulfone groups is 2. The molecule has 1 aromatic rings. The van der Waals surface area contributed by atoms with Crippen LogP contribution in [0.25, 0.3) is 0 Å². The molecular weight excluding hydrogens is 262 g/mol. The number of hydrogen-bond donors (Lipinski definition) is 1. The van der Waals surface area contributed by atoms with Crippen LogP contribution in [0.15, 0.2) is 23.1 Å². The Morgan fingerprint density at radius 2 is 1.71 bits per heavy atom. The van der Waals surface area contributed by atoms with E-state index in [2.05, 4.69) is 0 Å². The van der Waals surface area contributed by atoms with E-state index in [1.54, 1.807) is 13.0 Å². The largest absolute Gasteiger partial charge is 0.399 e. The minimum Gasteiger partial charge on any atom is -0.399 e. The van der Waals surface area contributed by atoms with Crippen molar-refractivity contribution in [1.82, 2.24) is 0 Å². The molecule has 7 heteroatoms. The van der Waals surface area contributed by atoms with Gasteiger partial charge in [-0.15, -0.1) is 0 Å². The molecular formula is C10H15NO4S2. The molecule has 0 fully saturated rings. The second-order valence-corrected chi connectivity index (χ2v) is 8.31. The van der Waals surface area contributed by atoms with E-state index >= 15 is 0 Å². The quantitative estimate of drug-likeness (QED) is 0.804. The van der Waals surface area contributed by atoms with E-state index < -0.39 is 25.4 Å². The normalized spacial score (nSPS) is 12.6. The first-order valence-corrected chi connectivity index (χ1v) is 8.60. The Kier molecular flexibility index (Phi) is 3.83. The third-order valence-electron chi connectivity index (χ3n) is 2.26. The molecule has 0 bridgehead atoms. The van der Waals surface area contributed by atoms with E-state index in [-0.39, 0.29) is 10.6 Å². The smallest absolute Gasteiger partial charge is 0.179 e. The van der Waals surface area contributed by atoms with Crippen molar-refractivity contribution in [3.05, 3.63) is 23.8 Å². The molecule has 2 N–H and O–H groups in total. The van der Waals surface area contributed by atoms with E-state index in [0.29, 0.717) is 11.3 Å². The van der Waals surface area contributed by atoms with Gasteiger partial charge >= 0.3 is 0 Å². The molecule has 0 amide bonds. The number of nitrogen functional groups attached to an aromatic ring is 1. The number of hydrogen-bond acceptors (Lipinski definition) is 5. The van der Waals surface area contributed by atoms with Crippen LogP contribution in [0.4, 0.5) is 5.69 Å². The van der Waals surface area contributed by atoms with Gasteiger partial charge < -0.3 is 5.73 Å². The van der Waals surface area contributed by atoms with E-state index in [1.165, 1.54) is 12.1 Å². The van der Waals surface area contributed by atoms with Crippen LogP contribution in [-0.2, 0) is 19.7 Å². The minimum absolute atomic E-state index is 0.135. The standard InChI is InChI=1S/C10H15NO4S2/c1-8-7-9(11)3-4-10(8)17(14,15)6-5-16(2,12)13/h3-4,7H,5-6,11H2,1-2H3. The maximum absolute atomic E-state index is 11.9. The van der Waals surface area contributed by atoms with E-state index in [4.69, 9.17) is 5.73 Å². The van der Waals surface area contributed by atoms with E-state index in [9.17, 15) is 16.8 Å². The molecule has 1 rings (SSSR count). The Morgan fingerprint density at radius 1 is 1.12 bits per heavy atom. The molecule has 0 aliphatic carbocycles. The topological polar surface area (TPSA) is 94.3 Å². The van der Waals surface area contributed by atoms with Crippen LogP contribution in [0.1, 0.15) is 5.56 Å². The molecule has 17 heavy (non-hydrogen) atoms. The van der Waals surface area contributed by atoms with Crippen molar-refractivity contribution in [2.24, 2.45) is 0 Å². The summed E-state index contributed by atoms with van der Waals surface area (Å²) < 4.78 is 45.7. The van der Waals surface area contributed by atoms with Gasteiger partial charge in [0.25, 0.3) is 0 Å². The first kappa shape index (κ1) is 14.0. The lowest BCUT2D eigenvalue weighted by atomic mass is 10.2. The molecule has 0 aromatic heterocycles. The zero-order chi connectivity index (χ0) is 13.3. The van der Waals surface area contributed by atoms with Crippen LogP contribution in [-0.4, -0.2) is 34.6 Å². The van der Waals surface area contributed by atoms with Gasteiger partial charge in [0.05, 0.1) is 16.4 Å². The Labute approximate surface area is 101 Å². The van der Waals surface area contributed by atoms with Gasteiger partial charge in [-0.25, -0.2) is 16.8 Å². The minimum atomic E-state index is -3.58. The summed E-state index contributed by atoms with van der Waals surface area (Å²) in [6.07, 6.45) is 1.01. The van der Waals surface area contributed by atoms with Gasteiger partial charge in [-0.05, 0) is 30.7 Å². The predicted molar refractivity (Wildman–Crippen MR) is 67.4 cm³/mol. The fourth-order valence-corrected chi connectivity index (χ4v) is 4.53. The third-order valence-corrected chi connectivity index (χ3v) is 5.33. The Bertz CT molecular complexity index is 618. The maximum Gasteiger partial charge on any atom is 0.179 e. The molecule has 0 atom stereocenters. The average molecular weight is 277 g/mol. The fourth-order valence-electron chi connectivity index (χ4n) is 1.39. The highest BCUT2D eigenvalue weighted by Crippen LogP contribution is 2.19. The van der Waals surface area contributed by atoms with Crippen molar-refractivity contribution in [3.63, 3.8) is 0 Å². The molecule has 0 aliphatic rings. The lowest BCUT2D eigenvalue weighted by Crippen LogP contribution is -2.17. The van der Waals surface area contributed by atoms with Crippen LogP contribution in [0, 0.1) is 6.92 Å². The number of aryl methyl sites for hydroxylation is 1. The van der Waals surface area contributed by atoms with Crippen molar-refractivity contribution >= 4 is 25.4 Å². The van der Waals surface area contributed by atoms with Gasteiger partial charge in [0.15, 0.2) is 9.84 Å². The summed E-state index contributed by atoms with van der Waals surface area (Å²) in [4.78, 5) is 0.135. The fraction of sp³-hybridized carbons (Fsp3) is 0.400. The Morgan fingerprint density at radius 3 is 2.18 bits per heavy atom. The van der Waals surface area contributed by atoms with Crippen molar-refractivity contribution in [3.8, 4) is 0 Å². The summed E-state index contributed by atoms with van der Waals surface area (Å²) in [7, 11) is -6.87. The average Bonchev–Trinajstić information content (AvgIpc) is 2.13. The number of benzene rings is 1. The highest BCUT2D eigenvalue weighted by Gasteiger charge is 2.19. The van der Waals surface area contributed by atoms with Gasteiger partial charge in [0, 0.05) is 11.9 Å². The lowest BCUT2D eigenvalue weighted by Gasteiger charge is -2.07. The van der Waals surface area contributed by atoms with E-state index in [0.717, 1.165) is 6.26 Å². The molecule has 0 radical (unpaired) electrons. The van der Waals surface area contributed by atoms with Crippen LogP contribution in [0.3, 0.4) is 0 Å². The van der Waals surface area contributed by atoms with Crippen molar-refractivity contribution < 1.29 is 16.8 Å². The molecule has 5 nitrogen and oxygen atoms in total. The summed E-state index contributed by atoms with van der Waals surface area (Å²) in [6, 6.07) is 4.44. The molecule has 0 aliphatic heterocycles. The highest BCUT2D eigenvalue weighted by atomic mass is 32.2. The lowest BCUT2D eigenvalue weighted by molar-refractivity contribution is 0.590. The van der Waals surface area contributed by atoms with Gasteiger partial charge in [0.2, 0.25) is 0 Å². The van der Waals surface area contributed by atoms with Crippen molar-refractivity contribution in [2.45, 2.75) is 11.8 Å². The summed E-state index contributed by atoms with van der Waals surface area (Å²) in [5.41, 5.74) is 6.53. The van der Waals surface area contributed by atoms with Gasteiger partial charge in [-0.1, -0.05) is 0 Å². The van der Waals surface area contributed by atoms with Gasteiger partial charge in [-0.2, -0.15) is 0 Å². The molecule has 96 valence electrons. The van der Waals surface area contributed by atoms with Crippen LogP contribution in [0.5, 0.6) is 0 Å². The van der Waals surface area contributed by atoms with Crippen LogP contribution >= 0.6 is 0 Å². The third kappa shape index (κ3) is 4.01. The maximum atomic E-state index is 11.9. The predicted octanol–water partition coefficient (Wildman–Crippen LogP) is 0.396. The number of nitrogens with two attached hydrogens (primary N) is 1. The number of anilines is 1. The Hall–Kier alpha value is -1.08. The van der Waals surface area contributed by atoms with E-state index in [1.807, 2.05) is 0 Å². The monoisotopic (exact) mass is 277 g/mol. The van der Waals surface area contributed by atoms with Crippen molar-refractivity contribution in [2.75, 3.05) is 23.5 Å². The number of rotatable bonds is 4. The molecule has 0 saturated carbocycles. The summed E-state index contributed by atoms with van der Waals surface area (Å²) in [5, 5.41) is 0. The molecule has 0 unspecified atom stereocenters. The molecule has 0 saturated heterocycles. The van der Waals surface area contributed by atoms with Crippen molar-refractivity contribution in [1.29, 1.82) is 0 Å². The van der Waals surface area contributed by atoms with Gasteiger partial charge in [0.1, 0.15) is 9.84 Å². The van der Waals surface area contributed by atoms with Crippen LogP contribution in [0.2, 0.25) is 0 Å². The van der Waals surface area contributed by atoms with Crippen LogP contribution < -0.4 is 5.73 Å². The summed E-state index contributed by atoms with van der Waals surface area (Å²) in [6.45, 7) is 1.63. The van der Waals surface area contributed by atoms with Gasteiger partial charge in [-0.3, -0.25) is 0 Å². The first-order valence-electron chi connectivity index (χ1n) is 4.88. The molecule has 0 spiro atoms. The Balaban J connectivity index is 3.06. The zero-order valence-corrected chi connectivity index (χ0v) is 11.3. The molecule has 0 heterocycles. The molecule has 1 aromatic carbocycles. The zero-order valence-electron chi connectivity index (χ0n) is 9.67.